The zero-order chi connectivity index (χ0) is 28.8. The van der Waals surface area contributed by atoms with E-state index in [1.807, 2.05) is 32.3 Å². The van der Waals surface area contributed by atoms with Gasteiger partial charge in [-0.05, 0) is 74.4 Å². The van der Waals surface area contributed by atoms with Crippen molar-refractivity contribution in [2.45, 2.75) is 58.3 Å². The zero-order valence-electron chi connectivity index (χ0n) is 24.1. The molecule has 1 heterocycles. The predicted octanol–water partition coefficient (Wildman–Crippen LogP) is 5.20. The maximum atomic E-state index is 13.8. The van der Waals surface area contributed by atoms with Crippen molar-refractivity contribution >= 4 is 29.5 Å². The van der Waals surface area contributed by atoms with Gasteiger partial charge >= 0.3 is 5.97 Å². The van der Waals surface area contributed by atoms with Crippen LogP contribution in [0.15, 0.2) is 60.7 Å². The van der Waals surface area contributed by atoms with Gasteiger partial charge in [-0.2, -0.15) is 5.10 Å². The fourth-order valence-corrected chi connectivity index (χ4v) is 4.93. The maximum absolute atomic E-state index is 13.8. The van der Waals surface area contributed by atoms with Crippen LogP contribution < -0.4 is 9.80 Å². The lowest BCUT2D eigenvalue weighted by atomic mass is 9.86. The van der Waals surface area contributed by atoms with E-state index in [0.717, 1.165) is 22.4 Å². The minimum absolute atomic E-state index is 0.00287. The number of carbonyl (C=O) groups excluding carboxylic acids is 2. The Morgan fingerprint density at radius 3 is 2.20 bits per heavy atom. The van der Waals surface area contributed by atoms with Gasteiger partial charge in [-0.25, -0.2) is 4.79 Å². The molecule has 8 nitrogen and oxygen atoms in total. The van der Waals surface area contributed by atoms with Gasteiger partial charge in [-0.15, -0.1) is 0 Å². The highest BCUT2D eigenvalue weighted by Gasteiger charge is 2.31. The number of aliphatic hydroxyl groups is 1. The Balaban J connectivity index is 1.57. The van der Waals surface area contributed by atoms with Crippen LogP contribution in [0.4, 0.5) is 11.5 Å². The van der Waals surface area contributed by atoms with Gasteiger partial charge in [-0.1, -0.05) is 36.4 Å². The van der Waals surface area contributed by atoms with E-state index in [4.69, 9.17) is 4.74 Å². The summed E-state index contributed by atoms with van der Waals surface area (Å²) in [6.45, 7) is 3.97. The number of aliphatic hydroxyl groups excluding tert-OH is 1. The summed E-state index contributed by atoms with van der Waals surface area (Å²) < 4.78 is 6.84. The maximum Gasteiger partial charge on any atom is 0.331 e. The molecule has 0 saturated heterocycles. The standard InChI is InChI=1S/C32H40N4O4/c1-22(2)40-31(38)19-16-28-20-30(33-35(28)5)36(32(39)26-12-17-29(37)18-13-26)21-23-6-8-24(9-7-23)25-10-14-27(15-11-25)34(3)4/h6-11,14-16,19-20,22,26,29,37H,12-13,17-18,21H2,1-5H3/b19-16+. The highest BCUT2D eigenvalue weighted by atomic mass is 16.5. The largest absolute Gasteiger partial charge is 0.460 e. The summed E-state index contributed by atoms with van der Waals surface area (Å²) in [5, 5.41) is 14.6. The fourth-order valence-electron chi connectivity index (χ4n) is 4.93. The molecule has 2 aromatic carbocycles. The minimum Gasteiger partial charge on any atom is -0.460 e. The number of rotatable bonds is 9. The molecule has 1 aliphatic rings. The minimum atomic E-state index is -0.428. The smallest absolute Gasteiger partial charge is 0.331 e. The van der Waals surface area contributed by atoms with Crippen LogP contribution in [0.25, 0.3) is 17.2 Å². The molecule has 1 N–H and O–H groups in total. The molecule has 0 atom stereocenters. The number of anilines is 2. The van der Waals surface area contributed by atoms with E-state index in [2.05, 4.69) is 46.4 Å². The molecule has 212 valence electrons. The molecule has 1 saturated carbocycles. The molecule has 3 aromatic rings. The Kier molecular flexibility index (Phi) is 9.42. The first-order valence-corrected chi connectivity index (χ1v) is 13.9. The summed E-state index contributed by atoms with van der Waals surface area (Å²) in [5.41, 5.74) is 5.05. The van der Waals surface area contributed by atoms with Gasteiger partial charge in [0.25, 0.3) is 0 Å². The first-order chi connectivity index (χ1) is 19.1. The number of ether oxygens (including phenoxy) is 1. The van der Waals surface area contributed by atoms with Crippen LogP contribution in [0.5, 0.6) is 0 Å². The Labute approximate surface area is 236 Å². The lowest BCUT2D eigenvalue weighted by Crippen LogP contribution is -2.38. The van der Waals surface area contributed by atoms with Crippen LogP contribution in [-0.4, -0.2) is 53.1 Å². The van der Waals surface area contributed by atoms with Gasteiger partial charge < -0.3 is 14.7 Å². The van der Waals surface area contributed by atoms with E-state index in [0.29, 0.717) is 43.7 Å². The number of amides is 1. The molecule has 0 spiro atoms. The summed E-state index contributed by atoms with van der Waals surface area (Å²) in [6.07, 6.45) is 5.03. The number of hydrogen-bond donors (Lipinski definition) is 1. The predicted molar refractivity (Wildman–Crippen MR) is 159 cm³/mol. The van der Waals surface area contributed by atoms with E-state index in [-0.39, 0.29) is 24.0 Å². The number of hydrogen-bond acceptors (Lipinski definition) is 6. The first kappa shape index (κ1) is 29.1. The Morgan fingerprint density at radius 2 is 1.62 bits per heavy atom. The van der Waals surface area contributed by atoms with Crippen molar-refractivity contribution in [3.8, 4) is 11.1 Å². The van der Waals surface area contributed by atoms with Crippen molar-refractivity contribution in [3.63, 3.8) is 0 Å². The molecule has 0 unspecified atom stereocenters. The van der Waals surface area contributed by atoms with Crippen molar-refractivity contribution < 1.29 is 19.4 Å². The van der Waals surface area contributed by atoms with Gasteiger partial charge in [0.1, 0.15) is 0 Å². The normalized spacial score (nSPS) is 17.3. The molecule has 0 bridgehead atoms. The second kappa shape index (κ2) is 13.0. The van der Waals surface area contributed by atoms with Crippen molar-refractivity contribution in [1.82, 2.24) is 9.78 Å². The summed E-state index contributed by atoms with van der Waals surface area (Å²) in [6, 6.07) is 18.5. The van der Waals surface area contributed by atoms with Crippen molar-refractivity contribution in [1.29, 1.82) is 0 Å². The monoisotopic (exact) mass is 544 g/mol. The second-order valence-corrected chi connectivity index (χ2v) is 10.9. The molecule has 1 aliphatic carbocycles. The Bertz CT molecular complexity index is 1320. The molecular weight excluding hydrogens is 504 g/mol. The Morgan fingerprint density at radius 1 is 1.02 bits per heavy atom. The van der Waals surface area contributed by atoms with Crippen LogP contribution in [-0.2, 0) is 27.9 Å². The average Bonchev–Trinajstić information content (AvgIpc) is 3.30. The van der Waals surface area contributed by atoms with Gasteiger partial charge in [-0.3, -0.25) is 14.4 Å². The van der Waals surface area contributed by atoms with Crippen molar-refractivity contribution in [3.05, 3.63) is 71.9 Å². The van der Waals surface area contributed by atoms with E-state index in [9.17, 15) is 14.7 Å². The first-order valence-electron chi connectivity index (χ1n) is 13.9. The van der Waals surface area contributed by atoms with Gasteiger partial charge in [0.2, 0.25) is 5.91 Å². The van der Waals surface area contributed by atoms with Crippen LogP contribution in [0.3, 0.4) is 0 Å². The molecule has 1 fully saturated rings. The molecular formula is C32H40N4O4. The summed E-state index contributed by atoms with van der Waals surface area (Å²) in [7, 11) is 5.83. The van der Waals surface area contributed by atoms with E-state index in [1.54, 1.807) is 36.6 Å². The van der Waals surface area contributed by atoms with E-state index in [1.165, 1.54) is 6.08 Å². The van der Waals surface area contributed by atoms with Crippen LogP contribution in [0.1, 0.15) is 50.8 Å². The molecule has 8 heteroatoms. The van der Waals surface area contributed by atoms with E-state index < -0.39 is 5.97 Å². The molecule has 40 heavy (non-hydrogen) atoms. The van der Waals surface area contributed by atoms with Crippen LogP contribution in [0, 0.1) is 5.92 Å². The second-order valence-electron chi connectivity index (χ2n) is 10.9. The molecule has 0 radical (unpaired) electrons. The quantitative estimate of drug-likeness (QED) is 0.294. The topological polar surface area (TPSA) is 87.9 Å². The third-order valence-electron chi connectivity index (χ3n) is 7.25. The molecule has 0 aliphatic heterocycles. The number of benzene rings is 2. The Hall–Kier alpha value is -3.91. The molecule has 4 rings (SSSR count). The van der Waals surface area contributed by atoms with Crippen molar-refractivity contribution in [2.24, 2.45) is 13.0 Å². The third-order valence-corrected chi connectivity index (χ3v) is 7.25. The number of aromatic nitrogens is 2. The van der Waals surface area contributed by atoms with Gasteiger partial charge in [0.15, 0.2) is 5.82 Å². The van der Waals surface area contributed by atoms with Crippen LogP contribution in [0.2, 0.25) is 0 Å². The zero-order valence-corrected chi connectivity index (χ0v) is 24.1. The lowest BCUT2D eigenvalue weighted by Gasteiger charge is -2.29. The number of aryl methyl sites for hydroxylation is 1. The number of esters is 1. The average molecular weight is 545 g/mol. The van der Waals surface area contributed by atoms with Crippen molar-refractivity contribution in [2.75, 3.05) is 23.9 Å². The highest BCUT2D eigenvalue weighted by molar-refractivity contribution is 5.94. The lowest BCUT2D eigenvalue weighted by molar-refractivity contribution is -0.141. The van der Waals surface area contributed by atoms with Crippen LogP contribution >= 0.6 is 0 Å². The summed E-state index contributed by atoms with van der Waals surface area (Å²) in [5.74, 6) is -0.0651. The van der Waals surface area contributed by atoms with Gasteiger partial charge in [0, 0.05) is 44.9 Å². The summed E-state index contributed by atoms with van der Waals surface area (Å²) >= 11 is 0. The summed E-state index contributed by atoms with van der Waals surface area (Å²) in [4.78, 5) is 29.6. The molecule has 1 aromatic heterocycles. The SMILES string of the molecule is CC(C)OC(=O)/C=C/c1cc(N(Cc2ccc(-c3ccc(N(C)C)cc3)cc2)C(=O)C2CCC(O)CC2)nn1C. The van der Waals surface area contributed by atoms with Gasteiger partial charge in [0.05, 0.1) is 24.4 Å². The number of carbonyl (C=O) groups is 2. The number of nitrogens with zero attached hydrogens (tertiary/aromatic N) is 4. The van der Waals surface area contributed by atoms with E-state index >= 15 is 0 Å². The highest BCUT2D eigenvalue weighted by Crippen LogP contribution is 2.30. The fraction of sp³-hybridized carbons (Fsp3) is 0.406. The third kappa shape index (κ3) is 7.39. The molecule has 1 amide bonds.